The minimum absolute atomic E-state index is 0.587. The van der Waals surface area contributed by atoms with Crippen molar-refractivity contribution >= 4 is 5.82 Å². The fourth-order valence-corrected chi connectivity index (χ4v) is 1.76. The van der Waals surface area contributed by atoms with E-state index in [0.29, 0.717) is 11.9 Å². The van der Waals surface area contributed by atoms with E-state index in [0.717, 1.165) is 25.4 Å². The third-order valence-electron chi connectivity index (χ3n) is 2.86. The molecule has 0 aliphatic heterocycles. The number of aromatic nitrogens is 2. The predicted molar refractivity (Wildman–Crippen MR) is 65.2 cm³/mol. The molecule has 0 radical (unpaired) electrons. The van der Waals surface area contributed by atoms with Crippen molar-refractivity contribution in [2.75, 3.05) is 25.7 Å². The van der Waals surface area contributed by atoms with Crippen LogP contribution in [0.3, 0.4) is 0 Å². The van der Waals surface area contributed by atoms with Crippen LogP contribution in [0.4, 0.5) is 5.82 Å². The Kier molecular flexibility index (Phi) is 4.24. The Morgan fingerprint density at radius 3 is 2.82 bits per heavy atom. The largest absolute Gasteiger partial charge is 0.383 e. The quantitative estimate of drug-likeness (QED) is 0.527. The first-order valence-corrected chi connectivity index (χ1v) is 5.84. The number of hydrogen-bond acceptors (Lipinski definition) is 6. The molecular weight excluding hydrogens is 218 g/mol. The lowest BCUT2D eigenvalue weighted by Gasteiger charge is -2.20. The molecule has 0 atom stereocenters. The minimum Gasteiger partial charge on any atom is -0.383 e. The van der Waals surface area contributed by atoms with E-state index in [2.05, 4.69) is 20.3 Å². The van der Waals surface area contributed by atoms with Gasteiger partial charge in [-0.15, -0.1) is 0 Å². The number of nitrogens with two attached hydrogens (primary N) is 1. The first-order valence-electron chi connectivity index (χ1n) is 5.84. The Labute approximate surface area is 101 Å². The van der Waals surface area contributed by atoms with Gasteiger partial charge in [-0.2, -0.15) is 0 Å². The van der Waals surface area contributed by atoms with Crippen LogP contribution in [0.5, 0.6) is 0 Å². The molecule has 1 aliphatic carbocycles. The number of rotatable bonds is 7. The van der Waals surface area contributed by atoms with E-state index in [1.54, 1.807) is 19.5 Å². The molecule has 6 nitrogen and oxygen atoms in total. The summed E-state index contributed by atoms with van der Waals surface area (Å²) in [4.78, 5) is 10.9. The topological polar surface area (TPSA) is 76.3 Å². The Hall–Kier alpha value is -1.24. The van der Waals surface area contributed by atoms with E-state index < -0.39 is 0 Å². The zero-order chi connectivity index (χ0) is 12.1. The zero-order valence-corrected chi connectivity index (χ0v) is 10.1. The highest BCUT2D eigenvalue weighted by molar-refractivity contribution is 5.28. The van der Waals surface area contributed by atoms with Crippen LogP contribution in [0, 0.1) is 0 Å². The third-order valence-corrected chi connectivity index (χ3v) is 2.86. The highest BCUT2D eigenvalue weighted by Crippen LogP contribution is 2.27. The first kappa shape index (κ1) is 12.2. The number of nitrogens with one attached hydrogen (secondary N) is 1. The highest BCUT2D eigenvalue weighted by atomic mass is 16.5. The molecule has 0 aromatic carbocycles. The summed E-state index contributed by atoms with van der Waals surface area (Å²) in [5.74, 6) is 5.83. The monoisotopic (exact) mass is 237 g/mol. The van der Waals surface area contributed by atoms with Crippen LogP contribution in [0.15, 0.2) is 12.4 Å². The van der Waals surface area contributed by atoms with Gasteiger partial charge in [0.05, 0.1) is 24.7 Å². The molecule has 0 bridgehead atoms. The van der Waals surface area contributed by atoms with E-state index in [4.69, 9.17) is 10.6 Å². The predicted octanol–water partition coefficient (Wildman–Crippen LogP) is 0.373. The van der Waals surface area contributed by atoms with Gasteiger partial charge in [0.15, 0.2) is 5.82 Å². The summed E-state index contributed by atoms with van der Waals surface area (Å²) in [6.07, 6.45) is 5.97. The zero-order valence-electron chi connectivity index (χ0n) is 10.1. The van der Waals surface area contributed by atoms with Crippen molar-refractivity contribution in [1.82, 2.24) is 14.9 Å². The summed E-state index contributed by atoms with van der Waals surface area (Å²) >= 11 is 0. The van der Waals surface area contributed by atoms with Crippen molar-refractivity contribution in [3.8, 4) is 0 Å². The molecule has 1 aromatic heterocycles. The fourth-order valence-electron chi connectivity index (χ4n) is 1.76. The van der Waals surface area contributed by atoms with Crippen molar-refractivity contribution in [3.05, 3.63) is 18.1 Å². The Bertz CT molecular complexity index is 338. The molecule has 17 heavy (non-hydrogen) atoms. The third kappa shape index (κ3) is 3.62. The van der Waals surface area contributed by atoms with Crippen LogP contribution in [-0.2, 0) is 11.3 Å². The second-order valence-electron chi connectivity index (χ2n) is 4.23. The molecule has 0 unspecified atom stereocenters. The van der Waals surface area contributed by atoms with Gasteiger partial charge < -0.3 is 10.2 Å². The first-order chi connectivity index (χ1) is 8.33. The second kappa shape index (κ2) is 5.90. The van der Waals surface area contributed by atoms with Crippen LogP contribution >= 0.6 is 0 Å². The maximum absolute atomic E-state index is 5.25. The summed E-state index contributed by atoms with van der Waals surface area (Å²) < 4.78 is 5.12. The normalized spacial score (nSPS) is 15.2. The maximum Gasteiger partial charge on any atom is 0.158 e. The lowest BCUT2D eigenvalue weighted by Crippen LogP contribution is -2.29. The van der Waals surface area contributed by atoms with Crippen molar-refractivity contribution in [1.29, 1.82) is 0 Å². The van der Waals surface area contributed by atoms with Crippen molar-refractivity contribution in [3.63, 3.8) is 0 Å². The molecule has 0 spiro atoms. The molecular formula is C11H19N5O. The summed E-state index contributed by atoms with van der Waals surface area (Å²) in [5.41, 5.74) is 3.43. The number of hydrazine groups is 1. The summed E-state index contributed by atoms with van der Waals surface area (Å²) in [5, 5.41) is 0. The van der Waals surface area contributed by atoms with E-state index in [9.17, 15) is 0 Å². The number of ether oxygens (including phenoxy) is 1. The van der Waals surface area contributed by atoms with Gasteiger partial charge in [-0.25, -0.2) is 10.8 Å². The Morgan fingerprint density at radius 1 is 1.47 bits per heavy atom. The van der Waals surface area contributed by atoms with Gasteiger partial charge in [0.2, 0.25) is 0 Å². The molecule has 94 valence electrons. The number of anilines is 1. The molecule has 6 heteroatoms. The van der Waals surface area contributed by atoms with Gasteiger partial charge in [0, 0.05) is 26.2 Å². The molecule has 2 rings (SSSR count). The lowest BCUT2D eigenvalue weighted by molar-refractivity contribution is 0.138. The van der Waals surface area contributed by atoms with Gasteiger partial charge in [-0.3, -0.25) is 9.88 Å². The van der Waals surface area contributed by atoms with Crippen LogP contribution in [-0.4, -0.2) is 41.2 Å². The van der Waals surface area contributed by atoms with Crippen LogP contribution < -0.4 is 11.3 Å². The van der Waals surface area contributed by atoms with E-state index in [1.807, 2.05) is 0 Å². The molecule has 1 aromatic rings. The molecule has 1 saturated carbocycles. The van der Waals surface area contributed by atoms with E-state index >= 15 is 0 Å². The Balaban J connectivity index is 1.91. The van der Waals surface area contributed by atoms with Gasteiger partial charge in [0.25, 0.3) is 0 Å². The highest BCUT2D eigenvalue weighted by Gasteiger charge is 2.28. The maximum atomic E-state index is 5.25. The number of nitrogen functional groups attached to an aromatic ring is 1. The van der Waals surface area contributed by atoms with Crippen LogP contribution in [0.1, 0.15) is 18.5 Å². The summed E-state index contributed by atoms with van der Waals surface area (Å²) in [7, 11) is 1.73. The van der Waals surface area contributed by atoms with Crippen molar-refractivity contribution < 1.29 is 4.74 Å². The minimum atomic E-state index is 0.587. The Morgan fingerprint density at radius 2 is 2.29 bits per heavy atom. The number of nitrogens with zero attached hydrogens (tertiary/aromatic N) is 3. The molecule has 1 heterocycles. The average molecular weight is 237 g/mol. The smallest absolute Gasteiger partial charge is 0.158 e. The fraction of sp³-hybridized carbons (Fsp3) is 0.636. The molecule has 0 amide bonds. The van der Waals surface area contributed by atoms with Crippen LogP contribution in [0.25, 0.3) is 0 Å². The van der Waals surface area contributed by atoms with Gasteiger partial charge in [0.1, 0.15) is 0 Å². The number of hydrogen-bond donors (Lipinski definition) is 2. The molecule has 1 fully saturated rings. The van der Waals surface area contributed by atoms with Crippen molar-refractivity contribution in [2.24, 2.45) is 5.84 Å². The van der Waals surface area contributed by atoms with Gasteiger partial charge in [-0.05, 0) is 12.8 Å². The standard InChI is InChI=1S/C11H19N5O/c1-17-5-4-16(10-2-3-10)8-9-6-14-11(15-12)7-13-9/h6-7,10H,2-5,8,12H2,1H3,(H,14,15). The molecule has 3 N–H and O–H groups in total. The summed E-state index contributed by atoms with van der Waals surface area (Å²) in [6.45, 7) is 2.53. The van der Waals surface area contributed by atoms with Gasteiger partial charge >= 0.3 is 0 Å². The SMILES string of the molecule is COCCN(Cc1cnc(NN)cn1)C1CC1. The molecule has 1 aliphatic rings. The number of methoxy groups -OCH3 is 1. The lowest BCUT2D eigenvalue weighted by atomic mass is 10.3. The van der Waals surface area contributed by atoms with Gasteiger partial charge in [-0.1, -0.05) is 0 Å². The van der Waals surface area contributed by atoms with E-state index in [1.165, 1.54) is 12.8 Å². The molecule has 0 saturated heterocycles. The van der Waals surface area contributed by atoms with Crippen molar-refractivity contribution in [2.45, 2.75) is 25.4 Å². The summed E-state index contributed by atoms with van der Waals surface area (Å²) in [6, 6.07) is 0.694. The second-order valence-corrected chi connectivity index (χ2v) is 4.23. The van der Waals surface area contributed by atoms with Crippen LogP contribution in [0.2, 0.25) is 0 Å². The average Bonchev–Trinajstić information content (AvgIpc) is 3.19. The van der Waals surface area contributed by atoms with E-state index in [-0.39, 0.29) is 0 Å².